The molecule has 4 bridgehead atoms. The van der Waals surface area contributed by atoms with Crippen molar-refractivity contribution in [3.63, 3.8) is 0 Å². The summed E-state index contributed by atoms with van der Waals surface area (Å²) >= 11 is 0. The van der Waals surface area contributed by atoms with Gasteiger partial charge in [0.05, 0.1) is 0 Å². The fraction of sp³-hybridized carbons (Fsp3) is 0.562. The molecule has 2 unspecified atom stereocenters. The van der Waals surface area contributed by atoms with Gasteiger partial charge in [0, 0.05) is 5.41 Å². The standard InChI is InChI=1S/C16H17/c1-2-4-15-14(3-1)16(15)12-6-10-5-11(8-12)9-13(16)7-10/h1-4,10-12H,5-9H2. The molecule has 1 aromatic carbocycles. The quantitative estimate of drug-likeness (QED) is 0.611. The zero-order valence-corrected chi connectivity index (χ0v) is 9.58. The molecule has 81 valence electrons. The lowest BCUT2D eigenvalue weighted by Crippen LogP contribution is -2.48. The maximum absolute atomic E-state index is 2.39. The minimum Gasteiger partial charge on any atom is -0.0619 e. The zero-order chi connectivity index (χ0) is 10.3. The van der Waals surface area contributed by atoms with Gasteiger partial charge in [0.25, 0.3) is 0 Å². The highest BCUT2D eigenvalue weighted by molar-refractivity contribution is 5.67. The molecule has 4 saturated carbocycles. The van der Waals surface area contributed by atoms with Gasteiger partial charge in [-0.2, -0.15) is 0 Å². The largest absolute Gasteiger partial charge is 0.0619 e. The molecule has 1 aromatic rings. The van der Waals surface area contributed by atoms with Gasteiger partial charge in [-0.05, 0) is 66.9 Å². The lowest BCUT2D eigenvalue weighted by Gasteiger charge is -2.55. The van der Waals surface area contributed by atoms with Crippen molar-refractivity contribution >= 4 is 0 Å². The predicted molar refractivity (Wildman–Crippen MR) is 64.0 cm³/mol. The molecule has 5 aliphatic carbocycles. The summed E-state index contributed by atoms with van der Waals surface area (Å²) in [5.41, 5.74) is 3.93. The number of rotatable bonds is 0. The van der Waals surface area contributed by atoms with Crippen LogP contribution >= 0.6 is 0 Å². The van der Waals surface area contributed by atoms with Crippen molar-refractivity contribution in [1.82, 2.24) is 0 Å². The molecule has 16 heavy (non-hydrogen) atoms. The Morgan fingerprint density at radius 2 is 1.50 bits per heavy atom. The topological polar surface area (TPSA) is 0 Å². The van der Waals surface area contributed by atoms with Gasteiger partial charge in [0.2, 0.25) is 0 Å². The van der Waals surface area contributed by atoms with E-state index < -0.39 is 0 Å². The van der Waals surface area contributed by atoms with Crippen molar-refractivity contribution in [2.75, 3.05) is 0 Å². The fourth-order valence-corrected chi connectivity index (χ4v) is 5.55. The van der Waals surface area contributed by atoms with E-state index in [4.69, 9.17) is 0 Å². The van der Waals surface area contributed by atoms with Gasteiger partial charge >= 0.3 is 0 Å². The Morgan fingerprint density at radius 1 is 0.875 bits per heavy atom. The minimum absolute atomic E-state index is 0.525. The SMILES string of the molecule is c1ccc2c(c1)C21[C]2CC3CC(C2)CC1C3. The monoisotopic (exact) mass is 209 g/mol. The van der Waals surface area contributed by atoms with Crippen molar-refractivity contribution in [1.29, 1.82) is 0 Å². The number of fused-ring (bicyclic) bond motifs is 1. The van der Waals surface area contributed by atoms with Crippen molar-refractivity contribution in [3.05, 3.63) is 41.3 Å². The molecule has 4 fully saturated rings. The molecule has 0 amide bonds. The molecule has 0 heterocycles. The highest BCUT2D eigenvalue weighted by Crippen LogP contribution is 2.73. The van der Waals surface area contributed by atoms with Crippen LogP contribution in [-0.2, 0) is 5.41 Å². The first-order valence-corrected chi connectivity index (χ1v) is 6.84. The lowest BCUT2D eigenvalue weighted by atomic mass is 9.49. The second-order valence-corrected chi connectivity index (χ2v) is 6.50. The van der Waals surface area contributed by atoms with E-state index in [1.165, 1.54) is 25.7 Å². The first-order valence-electron chi connectivity index (χ1n) is 6.84. The highest BCUT2D eigenvalue weighted by Gasteiger charge is 2.66. The van der Waals surface area contributed by atoms with Crippen molar-refractivity contribution < 1.29 is 0 Å². The third-order valence-electron chi connectivity index (χ3n) is 5.86. The van der Waals surface area contributed by atoms with Crippen LogP contribution in [0.1, 0.15) is 43.2 Å². The molecule has 2 atom stereocenters. The van der Waals surface area contributed by atoms with Crippen molar-refractivity contribution in [2.24, 2.45) is 17.8 Å². The summed E-state index contributed by atoms with van der Waals surface area (Å²) in [6.45, 7) is 0. The molecule has 6 rings (SSSR count). The predicted octanol–water partition coefficient (Wildman–Crippen LogP) is 3.70. The molecular formula is C16H17. The average molecular weight is 209 g/mol. The van der Waals surface area contributed by atoms with E-state index in [1.54, 1.807) is 17.5 Å². The van der Waals surface area contributed by atoms with Crippen molar-refractivity contribution in [2.45, 2.75) is 37.5 Å². The molecule has 0 saturated heterocycles. The van der Waals surface area contributed by atoms with E-state index in [0.29, 0.717) is 5.41 Å². The second-order valence-electron chi connectivity index (χ2n) is 6.50. The molecule has 0 aliphatic heterocycles. The Morgan fingerprint density at radius 3 is 2.06 bits per heavy atom. The molecule has 5 aliphatic rings. The molecule has 0 nitrogen and oxygen atoms in total. The summed E-state index contributed by atoms with van der Waals surface area (Å²) in [5.74, 6) is 5.05. The summed E-state index contributed by atoms with van der Waals surface area (Å²) < 4.78 is 0. The number of benzene rings is 1. The number of hydrogen-bond donors (Lipinski definition) is 0. The molecule has 1 radical (unpaired) electrons. The maximum atomic E-state index is 2.39. The van der Waals surface area contributed by atoms with Crippen LogP contribution in [0.25, 0.3) is 0 Å². The van der Waals surface area contributed by atoms with Gasteiger partial charge in [-0.25, -0.2) is 0 Å². The van der Waals surface area contributed by atoms with Gasteiger partial charge in [-0.15, -0.1) is 0 Å². The van der Waals surface area contributed by atoms with Crippen LogP contribution in [0.3, 0.4) is 0 Å². The van der Waals surface area contributed by atoms with E-state index >= 15 is 0 Å². The number of hydrogen-bond acceptors (Lipinski definition) is 0. The minimum atomic E-state index is 0.525. The van der Waals surface area contributed by atoms with E-state index in [0.717, 1.165) is 17.8 Å². The Bertz CT molecular complexity index is 418. The first-order chi connectivity index (χ1) is 7.89. The molecule has 0 N–H and O–H groups in total. The maximum Gasteiger partial charge on any atom is 0.0299 e. The first kappa shape index (κ1) is 8.33. The average Bonchev–Trinajstić information content (AvgIpc) is 2.95. The zero-order valence-electron chi connectivity index (χ0n) is 9.58. The summed E-state index contributed by atoms with van der Waals surface area (Å²) in [6.07, 6.45) is 7.51. The third-order valence-corrected chi connectivity index (χ3v) is 5.86. The summed E-state index contributed by atoms with van der Waals surface area (Å²) in [6, 6.07) is 9.26. The Labute approximate surface area is 97.1 Å². The molecule has 0 aromatic heterocycles. The van der Waals surface area contributed by atoms with Crippen LogP contribution in [-0.4, -0.2) is 0 Å². The van der Waals surface area contributed by atoms with E-state index in [-0.39, 0.29) is 0 Å². The van der Waals surface area contributed by atoms with Crippen LogP contribution in [0, 0.1) is 23.7 Å². The van der Waals surface area contributed by atoms with Gasteiger partial charge in [0.15, 0.2) is 0 Å². The van der Waals surface area contributed by atoms with E-state index in [2.05, 4.69) is 24.3 Å². The molecule has 0 heteroatoms. The highest BCUT2D eigenvalue weighted by atomic mass is 14.7. The Kier molecular flexibility index (Phi) is 1.25. The van der Waals surface area contributed by atoms with E-state index in [1.807, 2.05) is 5.92 Å². The van der Waals surface area contributed by atoms with Gasteiger partial charge in [-0.1, -0.05) is 24.3 Å². The van der Waals surface area contributed by atoms with Crippen LogP contribution in [0.2, 0.25) is 0 Å². The van der Waals surface area contributed by atoms with Crippen LogP contribution in [0.5, 0.6) is 0 Å². The van der Waals surface area contributed by atoms with E-state index in [9.17, 15) is 0 Å². The molecular weight excluding hydrogens is 192 g/mol. The van der Waals surface area contributed by atoms with Crippen LogP contribution in [0.4, 0.5) is 0 Å². The van der Waals surface area contributed by atoms with Gasteiger partial charge in [0.1, 0.15) is 0 Å². The van der Waals surface area contributed by atoms with Gasteiger partial charge in [-0.3, -0.25) is 0 Å². The third kappa shape index (κ3) is 0.724. The molecule has 1 spiro atoms. The summed E-state index contributed by atoms with van der Waals surface area (Å²) in [4.78, 5) is 0. The normalized spacial score (nSPS) is 41.4. The second kappa shape index (κ2) is 2.39. The fourth-order valence-electron chi connectivity index (χ4n) is 5.55. The lowest BCUT2D eigenvalue weighted by molar-refractivity contribution is 0.0564. The Hall–Kier alpha value is -0.780. The summed E-state index contributed by atoms with van der Waals surface area (Å²) in [7, 11) is 0. The van der Waals surface area contributed by atoms with Gasteiger partial charge < -0.3 is 0 Å². The summed E-state index contributed by atoms with van der Waals surface area (Å²) in [5, 5.41) is 0. The smallest absolute Gasteiger partial charge is 0.0299 e. The Balaban J connectivity index is 1.68. The van der Waals surface area contributed by atoms with Crippen molar-refractivity contribution in [3.8, 4) is 0 Å². The van der Waals surface area contributed by atoms with Crippen LogP contribution < -0.4 is 0 Å². The van der Waals surface area contributed by atoms with Crippen LogP contribution in [0.15, 0.2) is 24.3 Å².